The van der Waals surface area contributed by atoms with Crippen molar-refractivity contribution in [1.29, 1.82) is 0 Å². The van der Waals surface area contributed by atoms with Crippen molar-refractivity contribution in [2.24, 2.45) is 0 Å². The van der Waals surface area contributed by atoms with Gasteiger partial charge in [0.25, 0.3) is 5.91 Å². The monoisotopic (exact) mass is 323 g/mol. The number of rotatable bonds is 3. The molecule has 0 fully saturated rings. The van der Waals surface area contributed by atoms with Crippen molar-refractivity contribution in [2.75, 3.05) is 11.1 Å². The van der Waals surface area contributed by atoms with E-state index >= 15 is 0 Å². The van der Waals surface area contributed by atoms with Crippen molar-refractivity contribution in [3.05, 3.63) is 35.0 Å². The summed E-state index contributed by atoms with van der Waals surface area (Å²) in [5.74, 6) is 0.130. The Morgan fingerprint density at radius 3 is 2.74 bits per heavy atom. The molecule has 6 nitrogen and oxygen atoms in total. The van der Waals surface area contributed by atoms with Gasteiger partial charge >= 0.3 is 0 Å². The molecular weight excluding hydrogens is 310 g/mol. The molecule has 3 N–H and O–H groups in total. The number of carbonyl (C=O) groups is 1. The molecule has 0 atom stereocenters. The Balaban J connectivity index is 2.22. The maximum absolute atomic E-state index is 12.2. The highest BCUT2D eigenvalue weighted by Crippen LogP contribution is 2.17. The molecule has 0 aliphatic rings. The summed E-state index contributed by atoms with van der Waals surface area (Å²) in [5.41, 5.74) is 6.79. The van der Waals surface area contributed by atoms with Crippen molar-refractivity contribution in [2.45, 2.75) is 19.9 Å². The normalized spacial score (nSPS) is 10.7. The lowest BCUT2D eigenvalue weighted by molar-refractivity contribution is 0.101. The first-order chi connectivity index (χ1) is 8.97. The van der Waals surface area contributed by atoms with Crippen LogP contribution in [0.4, 0.5) is 11.5 Å². The Labute approximate surface area is 119 Å². The number of nitrogen functional groups attached to an aromatic ring is 1. The average Bonchev–Trinajstić information content (AvgIpc) is 2.74. The number of nitrogens with one attached hydrogen (secondary N) is 1. The van der Waals surface area contributed by atoms with Gasteiger partial charge < -0.3 is 15.6 Å². The molecule has 0 saturated heterocycles. The fraction of sp³-hybridized carbons (Fsp3) is 0.250. The molecule has 0 spiro atoms. The fourth-order valence-corrected chi connectivity index (χ4v) is 1.87. The highest BCUT2D eigenvalue weighted by atomic mass is 79.9. The van der Waals surface area contributed by atoms with Crippen molar-refractivity contribution in [3.8, 4) is 0 Å². The predicted molar refractivity (Wildman–Crippen MR) is 76.9 cm³/mol. The maximum Gasteiger partial charge on any atom is 0.273 e. The van der Waals surface area contributed by atoms with E-state index < -0.39 is 0 Å². The second kappa shape index (κ2) is 5.40. The number of hydrogen-bond donors (Lipinski definition) is 2. The molecule has 0 saturated carbocycles. The second-order valence-corrected chi connectivity index (χ2v) is 5.15. The number of nitrogens with two attached hydrogens (primary N) is 1. The smallest absolute Gasteiger partial charge is 0.273 e. The van der Waals surface area contributed by atoms with E-state index in [2.05, 4.69) is 31.2 Å². The molecular formula is C12H14BrN5O. The van der Waals surface area contributed by atoms with Crippen LogP contribution < -0.4 is 11.1 Å². The van der Waals surface area contributed by atoms with Gasteiger partial charge in [-0.1, -0.05) is 0 Å². The van der Waals surface area contributed by atoms with E-state index in [0.717, 1.165) is 0 Å². The first kappa shape index (κ1) is 13.5. The number of halogens is 1. The van der Waals surface area contributed by atoms with Gasteiger partial charge in [-0.25, -0.2) is 9.97 Å². The van der Waals surface area contributed by atoms with Crippen LogP contribution in [0.1, 0.15) is 30.4 Å². The maximum atomic E-state index is 12.2. The van der Waals surface area contributed by atoms with Crippen molar-refractivity contribution in [3.63, 3.8) is 0 Å². The Morgan fingerprint density at radius 1 is 1.42 bits per heavy atom. The van der Waals surface area contributed by atoms with Crippen LogP contribution in [-0.2, 0) is 0 Å². The molecule has 100 valence electrons. The number of hydrogen-bond acceptors (Lipinski definition) is 4. The topological polar surface area (TPSA) is 85.8 Å². The van der Waals surface area contributed by atoms with Crippen LogP contribution in [0.3, 0.4) is 0 Å². The molecule has 7 heteroatoms. The number of carbonyl (C=O) groups excluding carboxylic acids is 1. The van der Waals surface area contributed by atoms with Crippen LogP contribution in [0, 0.1) is 0 Å². The molecule has 2 heterocycles. The minimum atomic E-state index is -0.262. The van der Waals surface area contributed by atoms with Gasteiger partial charge in [-0.3, -0.25) is 4.79 Å². The summed E-state index contributed by atoms with van der Waals surface area (Å²) in [6, 6.07) is 1.79. The Morgan fingerprint density at radius 2 is 2.16 bits per heavy atom. The minimum absolute atomic E-state index is 0.147. The molecule has 0 radical (unpaired) electrons. The largest absolute Gasteiger partial charge is 0.397 e. The summed E-state index contributed by atoms with van der Waals surface area (Å²) < 4.78 is 2.43. The SMILES string of the molecule is CC(C)n1cc(N)cc1C(=O)Nc1cnc(Br)cn1. The number of anilines is 2. The van der Waals surface area contributed by atoms with Gasteiger partial charge in [0.05, 0.1) is 18.1 Å². The predicted octanol–water partition coefficient (Wildman–Crippen LogP) is 2.46. The average molecular weight is 324 g/mol. The van der Waals surface area contributed by atoms with Crippen LogP contribution in [0.15, 0.2) is 29.3 Å². The van der Waals surface area contributed by atoms with E-state index in [1.807, 2.05) is 18.4 Å². The summed E-state index contributed by atoms with van der Waals surface area (Å²) in [5, 5.41) is 2.68. The summed E-state index contributed by atoms with van der Waals surface area (Å²) >= 11 is 3.18. The molecule has 0 aliphatic carbocycles. The van der Waals surface area contributed by atoms with Crippen LogP contribution in [0.5, 0.6) is 0 Å². The van der Waals surface area contributed by atoms with Gasteiger partial charge in [0.2, 0.25) is 0 Å². The van der Waals surface area contributed by atoms with Crippen LogP contribution >= 0.6 is 15.9 Å². The summed E-state index contributed by atoms with van der Waals surface area (Å²) in [6.45, 7) is 3.96. The van der Waals surface area contributed by atoms with Crippen molar-refractivity contribution >= 4 is 33.3 Å². The van der Waals surface area contributed by atoms with E-state index in [9.17, 15) is 4.79 Å². The highest BCUT2D eigenvalue weighted by Gasteiger charge is 2.15. The highest BCUT2D eigenvalue weighted by molar-refractivity contribution is 9.10. The number of amides is 1. The lowest BCUT2D eigenvalue weighted by atomic mass is 10.3. The Kier molecular flexibility index (Phi) is 3.84. The van der Waals surface area contributed by atoms with Gasteiger partial charge in [-0.2, -0.15) is 0 Å². The van der Waals surface area contributed by atoms with E-state index in [1.165, 1.54) is 12.4 Å². The molecule has 0 aliphatic heterocycles. The zero-order valence-electron chi connectivity index (χ0n) is 10.6. The molecule has 0 aromatic carbocycles. The molecule has 19 heavy (non-hydrogen) atoms. The van der Waals surface area contributed by atoms with Crippen molar-refractivity contribution in [1.82, 2.24) is 14.5 Å². The summed E-state index contributed by atoms with van der Waals surface area (Å²) in [6.07, 6.45) is 4.74. The van der Waals surface area contributed by atoms with E-state index in [0.29, 0.717) is 21.8 Å². The zero-order valence-corrected chi connectivity index (χ0v) is 12.2. The second-order valence-electron chi connectivity index (χ2n) is 4.34. The standard InChI is InChI=1S/C12H14BrN5O/c1-7(2)18-6-8(14)3-9(18)12(19)17-11-5-15-10(13)4-16-11/h3-7H,14H2,1-2H3,(H,16,17,19). The molecule has 1 amide bonds. The first-order valence-electron chi connectivity index (χ1n) is 5.73. The molecule has 0 unspecified atom stereocenters. The third-order valence-corrected chi connectivity index (χ3v) is 2.93. The van der Waals surface area contributed by atoms with Crippen LogP contribution in [0.25, 0.3) is 0 Å². The molecule has 2 aromatic heterocycles. The van der Waals surface area contributed by atoms with Gasteiger partial charge in [0, 0.05) is 12.2 Å². The molecule has 2 aromatic rings. The molecule has 2 rings (SSSR count). The van der Waals surface area contributed by atoms with Crippen LogP contribution in [-0.4, -0.2) is 20.4 Å². The van der Waals surface area contributed by atoms with E-state index in [-0.39, 0.29) is 11.9 Å². The number of aromatic nitrogens is 3. The fourth-order valence-electron chi connectivity index (χ4n) is 1.67. The minimum Gasteiger partial charge on any atom is -0.397 e. The lowest BCUT2D eigenvalue weighted by Gasteiger charge is -2.12. The van der Waals surface area contributed by atoms with Gasteiger partial charge in [-0.05, 0) is 35.8 Å². The zero-order chi connectivity index (χ0) is 14.0. The third kappa shape index (κ3) is 3.11. The summed E-state index contributed by atoms with van der Waals surface area (Å²) in [4.78, 5) is 20.2. The third-order valence-electron chi connectivity index (χ3n) is 2.52. The number of nitrogens with zero attached hydrogens (tertiary/aromatic N) is 3. The van der Waals surface area contributed by atoms with Gasteiger partial charge in [-0.15, -0.1) is 0 Å². The Bertz CT molecular complexity index is 591. The lowest BCUT2D eigenvalue weighted by Crippen LogP contribution is -2.18. The summed E-state index contributed by atoms with van der Waals surface area (Å²) in [7, 11) is 0. The van der Waals surface area contributed by atoms with Gasteiger partial charge in [0.1, 0.15) is 10.3 Å². The Hall–Kier alpha value is -1.89. The van der Waals surface area contributed by atoms with Gasteiger partial charge in [0.15, 0.2) is 5.82 Å². The van der Waals surface area contributed by atoms with Crippen molar-refractivity contribution < 1.29 is 4.79 Å². The molecule has 0 bridgehead atoms. The van der Waals surface area contributed by atoms with Crippen LogP contribution in [0.2, 0.25) is 0 Å². The quantitative estimate of drug-likeness (QED) is 0.908. The van der Waals surface area contributed by atoms with E-state index in [1.54, 1.807) is 12.3 Å². The van der Waals surface area contributed by atoms with E-state index in [4.69, 9.17) is 5.73 Å². The first-order valence-corrected chi connectivity index (χ1v) is 6.53.